The minimum Gasteiger partial charge on any atom is -0.315 e. The van der Waals surface area contributed by atoms with Gasteiger partial charge in [0.2, 0.25) is 10.0 Å². The number of nitrogens with one attached hydrogen (secondary N) is 2. The number of rotatable bonds is 3. The lowest BCUT2D eigenvalue weighted by atomic mass is 10.1. The molecule has 21 heavy (non-hydrogen) atoms. The van der Waals surface area contributed by atoms with E-state index < -0.39 is 10.0 Å². The molecule has 1 unspecified atom stereocenters. The SMILES string of the molecule is Cc1ccc(S(=O)(=O)NC2CCNC2)c2cccnc12.Cl. The van der Waals surface area contributed by atoms with Gasteiger partial charge in [0, 0.05) is 24.2 Å². The second-order valence-corrected chi connectivity index (χ2v) is 6.77. The van der Waals surface area contributed by atoms with Crippen LogP contribution in [0, 0.1) is 6.92 Å². The Morgan fingerprint density at radius 1 is 1.33 bits per heavy atom. The van der Waals surface area contributed by atoms with Crippen molar-refractivity contribution in [2.75, 3.05) is 13.1 Å². The standard InChI is InChI=1S/C14H17N3O2S.ClH/c1-10-4-5-13(12-3-2-7-16-14(10)12)20(18,19)17-11-6-8-15-9-11;/h2-5,7,11,15,17H,6,8-9H2,1H3;1H. The van der Waals surface area contributed by atoms with Gasteiger partial charge in [-0.05, 0) is 43.7 Å². The molecule has 0 radical (unpaired) electrons. The average Bonchev–Trinajstić information content (AvgIpc) is 2.91. The van der Waals surface area contributed by atoms with Crippen LogP contribution in [0.3, 0.4) is 0 Å². The highest BCUT2D eigenvalue weighted by Crippen LogP contribution is 2.24. The summed E-state index contributed by atoms with van der Waals surface area (Å²) in [7, 11) is -3.52. The molecule has 2 N–H and O–H groups in total. The third-order valence-electron chi connectivity index (χ3n) is 3.60. The Hall–Kier alpha value is -1.21. The number of hydrogen-bond donors (Lipinski definition) is 2. The molecule has 1 aromatic carbocycles. The van der Waals surface area contributed by atoms with Crippen LogP contribution in [0.4, 0.5) is 0 Å². The van der Waals surface area contributed by atoms with Crippen LogP contribution >= 0.6 is 12.4 Å². The third-order valence-corrected chi connectivity index (χ3v) is 5.18. The van der Waals surface area contributed by atoms with Gasteiger partial charge in [0.15, 0.2) is 0 Å². The van der Waals surface area contributed by atoms with Crippen molar-refractivity contribution < 1.29 is 8.42 Å². The highest BCUT2D eigenvalue weighted by Gasteiger charge is 2.24. The lowest BCUT2D eigenvalue weighted by Gasteiger charge is -2.14. The first-order valence-corrected chi connectivity index (χ1v) is 8.13. The van der Waals surface area contributed by atoms with Gasteiger partial charge >= 0.3 is 0 Å². The van der Waals surface area contributed by atoms with E-state index in [1.807, 2.05) is 6.92 Å². The summed E-state index contributed by atoms with van der Waals surface area (Å²) in [6.07, 6.45) is 2.50. The second-order valence-electron chi connectivity index (χ2n) is 5.09. The van der Waals surface area contributed by atoms with E-state index in [4.69, 9.17) is 0 Å². The zero-order valence-corrected chi connectivity index (χ0v) is 13.3. The Morgan fingerprint density at radius 2 is 2.14 bits per heavy atom. The zero-order valence-electron chi connectivity index (χ0n) is 11.7. The fourth-order valence-electron chi connectivity index (χ4n) is 2.56. The maximum atomic E-state index is 12.5. The first-order chi connectivity index (χ1) is 9.58. The Kier molecular flexibility index (Phi) is 4.83. The molecule has 1 aliphatic rings. The van der Waals surface area contributed by atoms with Crippen LogP contribution in [0.5, 0.6) is 0 Å². The maximum Gasteiger partial charge on any atom is 0.241 e. The summed E-state index contributed by atoms with van der Waals surface area (Å²) in [6.45, 7) is 3.46. The number of sulfonamides is 1. The van der Waals surface area contributed by atoms with Crippen LogP contribution in [0.2, 0.25) is 0 Å². The lowest BCUT2D eigenvalue weighted by molar-refractivity contribution is 0.561. The predicted molar refractivity (Wildman–Crippen MR) is 85.3 cm³/mol. The molecule has 5 nitrogen and oxygen atoms in total. The van der Waals surface area contributed by atoms with Crippen molar-refractivity contribution in [1.29, 1.82) is 0 Å². The molecule has 1 atom stereocenters. The fourth-order valence-corrected chi connectivity index (χ4v) is 4.03. The maximum absolute atomic E-state index is 12.5. The molecule has 1 fully saturated rings. The number of halogens is 1. The molecule has 7 heteroatoms. The first-order valence-electron chi connectivity index (χ1n) is 6.65. The van der Waals surface area contributed by atoms with Gasteiger partial charge in [0.1, 0.15) is 0 Å². The van der Waals surface area contributed by atoms with Gasteiger partial charge in [-0.2, -0.15) is 0 Å². The van der Waals surface area contributed by atoms with Crippen molar-refractivity contribution in [2.24, 2.45) is 0 Å². The van der Waals surface area contributed by atoms with Crippen LogP contribution in [0.1, 0.15) is 12.0 Å². The molecule has 0 bridgehead atoms. The monoisotopic (exact) mass is 327 g/mol. The summed E-state index contributed by atoms with van der Waals surface area (Å²) in [4.78, 5) is 4.59. The van der Waals surface area contributed by atoms with Gasteiger partial charge in [0.25, 0.3) is 0 Å². The van der Waals surface area contributed by atoms with Crippen LogP contribution in [-0.4, -0.2) is 32.5 Å². The van der Waals surface area contributed by atoms with Crippen molar-refractivity contribution >= 4 is 33.3 Å². The molecule has 3 rings (SSSR count). The van der Waals surface area contributed by atoms with Crippen molar-refractivity contribution in [3.63, 3.8) is 0 Å². The molecular formula is C14H18ClN3O2S. The summed E-state index contributed by atoms with van der Waals surface area (Å²) in [5.74, 6) is 0. The van der Waals surface area contributed by atoms with Gasteiger partial charge in [-0.1, -0.05) is 6.07 Å². The summed E-state index contributed by atoms with van der Waals surface area (Å²) in [5.41, 5.74) is 1.71. The van der Waals surface area contributed by atoms with Crippen molar-refractivity contribution in [3.05, 3.63) is 36.0 Å². The minimum atomic E-state index is -3.52. The van der Waals surface area contributed by atoms with Gasteiger partial charge < -0.3 is 5.32 Å². The van der Waals surface area contributed by atoms with Gasteiger partial charge in [-0.25, -0.2) is 13.1 Å². The van der Waals surface area contributed by atoms with E-state index >= 15 is 0 Å². The van der Waals surface area contributed by atoms with E-state index in [0.717, 1.165) is 24.0 Å². The molecule has 1 aromatic heterocycles. The molecule has 0 saturated carbocycles. The van der Waals surface area contributed by atoms with Gasteiger partial charge in [-0.15, -0.1) is 12.4 Å². The molecule has 0 aliphatic carbocycles. The Balaban J connectivity index is 0.00000161. The van der Waals surface area contributed by atoms with Crippen LogP contribution in [0.15, 0.2) is 35.4 Å². The topological polar surface area (TPSA) is 71.1 Å². The van der Waals surface area contributed by atoms with Gasteiger partial charge in [-0.3, -0.25) is 4.98 Å². The zero-order chi connectivity index (χ0) is 14.2. The predicted octanol–water partition coefficient (Wildman–Crippen LogP) is 1.61. The van der Waals surface area contributed by atoms with E-state index in [-0.39, 0.29) is 18.4 Å². The molecule has 114 valence electrons. The van der Waals surface area contributed by atoms with E-state index in [1.54, 1.807) is 30.5 Å². The smallest absolute Gasteiger partial charge is 0.241 e. The normalized spacial score (nSPS) is 18.6. The lowest BCUT2D eigenvalue weighted by Crippen LogP contribution is -2.36. The van der Waals surface area contributed by atoms with E-state index in [1.165, 1.54) is 0 Å². The number of fused-ring (bicyclic) bond motifs is 1. The first kappa shape index (κ1) is 16.2. The van der Waals surface area contributed by atoms with E-state index in [2.05, 4.69) is 15.0 Å². The van der Waals surface area contributed by atoms with Crippen molar-refractivity contribution in [3.8, 4) is 0 Å². The highest BCUT2D eigenvalue weighted by molar-refractivity contribution is 7.89. The van der Waals surface area contributed by atoms with E-state index in [9.17, 15) is 8.42 Å². The minimum absolute atomic E-state index is 0. The van der Waals surface area contributed by atoms with E-state index in [0.29, 0.717) is 16.8 Å². The Labute approximate surface area is 130 Å². The van der Waals surface area contributed by atoms with Crippen LogP contribution in [-0.2, 0) is 10.0 Å². The average molecular weight is 328 g/mol. The quantitative estimate of drug-likeness (QED) is 0.898. The molecular weight excluding hydrogens is 310 g/mol. The highest BCUT2D eigenvalue weighted by atomic mass is 35.5. The third kappa shape index (κ3) is 3.18. The molecule has 2 aromatic rings. The number of aromatic nitrogens is 1. The molecule has 0 spiro atoms. The molecule has 1 saturated heterocycles. The number of nitrogens with zero attached hydrogens (tertiary/aromatic N) is 1. The van der Waals surface area contributed by atoms with Crippen molar-refractivity contribution in [2.45, 2.75) is 24.3 Å². The van der Waals surface area contributed by atoms with Crippen LogP contribution in [0.25, 0.3) is 10.9 Å². The summed E-state index contributed by atoms with van der Waals surface area (Å²) in [5, 5.41) is 3.83. The van der Waals surface area contributed by atoms with Crippen molar-refractivity contribution in [1.82, 2.24) is 15.0 Å². The largest absolute Gasteiger partial charge is 0.315 e. The molecule has 0 amide bonds. The number of pyridine rings is 1. The Bertz CT molecular complexity index is 743. The fraction of sp³-hybridized carbons (Fsp3) is 0.357. The number of aryl methyl sites for hydroxylation is 1. The molecule has 2 heterocycles. The van der Waals surface area contributed by atoms with Crippen LogP contribution < -0.4 is 10.0 Å². The summed E-state index contributed by atoms with van der Waals surface area (Å²) < 4.78 is 27.9. The summed E-state index contributed by atoms with van der Waals surface area (Å²) in [6, 6.07) is 6.99. The molecule has 1 aliphatic heterocycles. The Morgan fingerprint density at radius 3 is 2.86 bits per heavy atom. The summed E-state index contributed by atoms with van der Waals surface area (Å²) >= 11 is 0. The number of hydrogen-bond acceptors (Lipinski definition) is 4. The number of benzene rings is 1. The van der Waals surface area contributed by atoms with Gasteiger partial charge in [0.05, 0.1) is 10.4 Å². The second kappa shape index (κ2) is 6.27.